The van der Waals surface area contributed by atoms with Crippen molar-refractivity contribution in [1.82, 2.24) is 35.1 Å². The van der Waals surface area contributed by atoms with E-state index in [2.05, 4.69) is 35.9 Å². The fourth-order valence-electron chi connectivity index (χ4n) is 7.07. The van der Waals surface area contributed by atoms with Crippen molar-refractivity contribution in [2.24, 2.45) is 10.7 Å². The highest BCUT2D eigenvalue weighted by atomic mass is 16.2. The van der Waals surface area contributed by atoms with Gasteiger partial charge >= 0.3 is 0 Å². The molecule has 2 aromatic heterocycles. The van der Waals surface area contributed by atoms with E-state index < -0.39 is 11.9 Å². The number of aliphatic imine (C=N–C) groups is 1. The van der Waals surface area contributed by atoms with Crippen LogP contribution in [0.15, 0.2) is 96.4 Å². The number of nitrogens with zero attached hydrogens (tertiary/aromatic N) is 7. The van der Waals surface area contributed by atoms with Gasteiger partial charge < -0.3 is 26.2 Å². The van der Waals surface area contributed by atoms with Crippen molar-refractivity contribution in [1.29, 1.82) is 0 Å². The van der Waals surface area contributed by atoms with Crippen LogP contribution in [-0.4, -0.2) is 84.8 Å². The monoisotopic (exact) mass is 735 g/mol. The summed E-state index contributed by atoms with van der Waals surface area (Å²) in [4.78, 5) is 77.2. The standard InChI is InChI=1S/C40H37N11O4/c41-20-25(33-22-44-31-8-1-2-9-32(31)46-33)21-43-26-14-17-50(18-15-26)38(54)24-5-3-6-27(19-24)45-40-42-16-13-35(48-40)47-30-10-4-7-28-29(30)23-51(39(28)55)34-11-12-36(52)49-37(34)53/h1-10,13,16,19-22,26,34H,11-12,14-15,17-18,23,41H2,(H,49,52,53)(H2,42,45,47,48). The zero-order chi connectivity index (χ0) is 37.9. The summed E-state index contributed by atoms with van der Waals surface area (Å²) < 4.78 is 0. The molecular weight excluding hydrogens is 699 g/mol. The molecule has 0 aliphatic carbocycles. The van der Waals surface area contributed by atoms with Gasteiger partial charge in [-0.25, -0.2) is 9.97 Å². The van der Waals surface area contributed by atoms with Crippen molar-refractivity contribution in [2.45, 2.75) is 44.3 Å². The van der Waals surface area contributed by atoms with Crippen LogP contribution in [0.4, 0.5) is 23.1 Å². The van der Waals surface area contributed by atoms with Gasteiger partial charge in [0.15, 0.2) is 0 Å². The molecule has 8 rings (SSSR count). The molecule has 4 amide bonds. The summed E-state index contributed by atoms with van der Waals surface area (Å²) in [5.74, 6) is -0.332. The minimum atomic E-state index is -0.709. The maximum atomic E-state index is 13.6. The van der Waals surface area contributed by atoms with Crippen LogP contribution in [-0.2, 0) is 16.1 Å². The van der Waals surface area contributed by atoms with Crippen LogP contribution in [0.2, 0.25) is 0 Å². The normalized spacial score (nSPS) is 17.8. The molecule has 0 bridgehead atoms. The van der Waals surface area contributed by atoms with Crippen molar-refractivity contribution in [3.63, 3.8) is 0 Å². The number of benzene rings is 3. The predicted octanol–water partition coefficient (Wildman–Crippen LogP) is 4.34. The molecule has 5 heterocycles. The van der Waals surface area contributed by atoms with Gasteiger partial charge in [-0.15, -0.1) is 0 Å². The molecule has 55 heavy (non-hydrogen) atoms. The van der Waals surface area contributed by atoms with Crippen LogP contribution in [0.25, 0.3) is 16.6 Å². The second-order valence-corrected chi connectivity index (χ2v) is 13.5. The summed E-state index contributed by atoms with van der Waals surface area (Å²) in [6.45, 7) is 1.35. The molecule has 5 N–H and O–H groups in total. The van der Waals surface area contributed by atoms with Gasteiger partial charge in [0.25, 0.3) is 11.8 Å². The SMILES string of the molecule is NC=C(C=NC1CCN(C(=O)c2cccc(Nc3nccc(Nc4cccc5c4CN(C4CCC(=O)NC4=O)C5=O)n3)c2)CC1)c1cnc2ccccc2n1. The first kappa shape index (κ1) is 35.0. The van der Waals surface area contributed by atoms with Gasteiger partial charge in [-0.2, -0.15) is 4.98 Å². The molecule has 1 unspecified atom stereocenters. The first-order valence-corrected chi connectivity index (χ1v) is 18.0. The number of likely N-dealkylation sites (tertiary alicyclic amines) is 1. The highest BCUT2D eigenvalue weighted by Gasteiger charge is 2.40. The molecule has 0 spiro atoms. The van der Waals surface area contributed by atoms with E-state index in [9.17, 15) is 19.2 Å². The van der Waals surface area contributed by atoms with Crippen LogP contribution in [0.1, 0.15) is 57.7 Å². The summed E-state index contributed by atoms with van der Waals surface area (Å²) in [6.07, 6.45) is 8.41. The smallest absolute Gasteiger partial charge is 0.255 e. The van der Waals surface area contributed by atoms with E-state index in [-0.39, 0.29) is 43.1 Å². The fourth-order valence-corrected chi connectivity index (χ4v) is 7.07. The number of hydrogen-bond donors (Lipinski definition) is 4. The van der Waals surface area contributed by atoms with Crippen molar-refractivity contribution in [3.05, 3.63) is 114 Å². The highest BCUT2D eigenvalue weighted by molar-refractivity contribution is 6.09. The van der Waals surface area contributed by atoms with Gasteiger partial charge in [-0.3, -0.25) is 34.5 Å². The van der Waals surface area contributed by atoms with Crippen LogP contribution in [0, 0.1) is 0 Å². The number of nitrogens with two attached hydrogens (primary N) is 1. The lowest BCUT2D eigenvalue weighted by Crippen LogP contribution is -2.52. The molecule has 3 aliphatic heterocycles. The van der Waals surface area contributed by atoms with Gasteiger partial charge in [0, 0.05) is 78.3 Å². The molecule has 2 saturated heterocycles. The highest BCUT2D eigenvalue weighted by Crippen LogP contribution is 2.33. The summed E-state index contributed by atoms with van der Waals surface area (Å²) >= 11 is 0. The van der Waals surface area contributed by atoms with E-state index in [0.717, 1.165) is 16.6 Å². The molecule has 15 nitrogen and oxygen atoms in total. The molecule has 0 saturated carbocycles. The summed E-state index contributed by atoms with van der Waals surface area (Å²) in [5.41, 5.74) is 11.9. The minimum absolute atomic E-state index is 0.0418. The number of fused-ring (bicyclic) bond motifs is 2. The van der Waals surface area contributed by atoms with Crippen LogP contribution >= 0.6 is 0 Å². The topological polar surface area (TPSA) is 201 Å². The van der Waals surface area contributed by atoms with E-state index >= 15 is 0 Å². The van der Waals surface area contributed by atoms with E-state index in [1.807, 2.05) is 47.4 Å². The molecule has 2 fully saturated rings. The molecule has 0 radical (unpaired) electrons. The van der Waals surface area contributed by atoms with Crippen LogP contribution < -0.4 is 21.7 Å². The Kier molecular flexibility index (Phi) is 9.64. The average Bonchev–Trinajstić information content (AvgIpc) is 3.54. The Morgan fingerprint density at radius 3 is 2.55 bits per heavy atom. The van der Waals surface area contributed by atoms with Gasteiger partial charge in [-0.05, 0) is 67.8 Å². The third kappa shape index (κ3) is 7.44. The Balaban J connectivity index is 0.880. The number of amides is 4. The number of imide groups is 1. The van der Waals surface area contributed by atoms with E-state index in [4.69, 9.17) is 10.7 Å². The fraction of sp³-hybridized carbons (Fsp3) is 0.225. The van der Waals surface area contributed by atoms with Gasteiger partial charge in [0.1, 0.15) is 11.9 Å². The number of rotatable bonds is 9. The second kappa shape index (κ2) is 15.1. The van der Waals surface area contributed by atoms with Gasteiger partial charge in [0.05, 0.1) is 29.0 Å². The lowest BCUT2D eigenvalue weighted by molar-refractivity contribution is -0.136. The number of anilines is 4. The number of allylic oxidation sites excluding steroid dienone is 1. The zero-order valence-electron chi connectivity index (χ0n) is 29.7. The van der Waals surface area contributed by atoms with Gasteiger partial charge in [-0.1, -0.05) is 24.3 Å². The zero-order valence-corrected chi connectivity index (χ0v) is 29.7. The first-order valence-electron chi connectivity index (χ1n) is 18.0. The quantitative estimate of drug-likeness (QED) is 0.124. The minimum Gasteiger partial charge on any atom is -0.404 e. The van der Waals surface area contributed by atoms with Crippen LogP contribution in [0.5, 0.6) is 0 Å². The Morgan fingerprint density at radius 1 is 0.909 bits per heavy atom. The molecular formula is C40H37N11O4. The molecule has 15 heteroatoms. The number of nitrogens with one attached hydrogen (secondary N) is 3. The largest absolute Gasteiger partial charge is 0.404 e. The predicted molar refractivity (Wildman–Crippen MR) is 207 cm³/mol. The lowest BCUT2D eigenvalue weighted by Gasteiger charge is -2.30. The Hall–Kier alpha value is -7.03. The van der Waals surface area contributed by atoms with Crippen molar-refractivity contribution in [2.75, 3.05) is 23.7 Å². The third-order valence-electron chi connectivity index (χ3n) is 9.97. The molecule has 3 aromatic carbocycles. The first-order chi connectivity index (χ1) is 26.8. The summed E-state index contributed by atoms with van der Waals surface area (Å²) in [5, 5.41) is 8.82. The second-order valence-electron chi connectivity index (χ2n) is 13.5. The third-order valence-corrected chi connectivity index (χ3v) is 9.97. The van der Waals surface area contributed by atoms with Crippen LogP contribution in [0.3, 0.4) is 0 Å². The van der Waals surface area contributed by atoms with Crippen molar-refractivity contribution in [3.8, 4) is 0 Å². The molecule has 276 valence electrons. The number of hydrogen-bond acceptors (Lipinski definition) is 12. The average molecular weight is 736 g/mol. The van der Waals surface area contributed by atoms with E-state index in [1.165, 1.54) is 11.1 Å². The summed E-state index contributed by atoms with van der Waals surface area (Å²) in [7, 11) is 0. The number of aromatic nitrogens is 4. The maximum Gasteiger partial charge on any atom is 0.255 e. The van der Waals surface area contributed by atoms with Gasteiger partial charge in [0.2, 0.25) is 17.8 Å². The van der Waals surface area contributed by atoms with E-state index in [0.29, 0.717) is 71.5 Å². The maximum absolute atomic E-state index is 13.6. The Labute approximate surface area is 315 Å². The van der Waals surface area contributed by atoms with Crippen molar-refractivity contribution < 1.29 is 19.2 Å². The number of piperidine rings is 2. The Bertz CT molecular complexity index is 2390. The lowest BCUT2D eigenvalue weighted by atomic mass is 10.0. The van der Waals surface area contributed by atoms with E-state index in [1.54, 1.807) is 48.9 Å². The van der Waals surface area contributed by atoms with Crippen molar-refractivity contribution >= 4 is 69.6 Å². The Morgan fingerprint density at radius 2 is 1.73 bits per heavy atom. The molecule has 5 aromatic rings. The number of carbonyl (C=O) groups is 4. The summed E-state index contributed by atoms with van der Waals surface area (Å²) in [6, 6.07) is 21.2. The number of para-hydroxylation sites is 2. The molecule has 1 atom stereocenters. The molecule has 3 aliphatic rings. The number of carbonyl (C=O) groups excluding carboxylic acids is 4.